The van der Waals surface area contributed by atoms with E-state index in [0.29, 0.717) is 16.9 Å². The number of rotatable bonds is 2. The van der Waals surface area contributed by atoms with Gasteiger partial charge in [0.05, 0.1) is 0 Å². The minimum absolute atomic E-state index is 0.645. The maximum Gasteiger partial charge on any atom is 0.227 e. The summed E-state index contributed by atoms with van der Waals surface area (Å²) in [5.41, 5.74) is 7.25. The van der Waals surface area contributed by atoms with Gasteiger partial charge in [0.2, 0.25) is 5.71 Å². The summed E-state index contributed by atoms with van der Waals surface area (Å²) in [6.07, 6.45) is 2.65. The second kappa shape index (κ2) is 3.47. The van der Waals surface area contributed by atoms with Crippen molar-refractivity contribution in [1.82, 2.24) is 4.98 Å². The van der Waals surface area contributed by atoms with Crippen LogP contribution in [0.4, 0.5) is 0 Å². The average Bonchev–Trinajstić information content (AvgIpc) is 2.44. The standard InChI is InChI=1S/C9H9BrN2O/c10-8-4-7-3-6(1-2-11)5-12-9(7)13-8/h3-5H,1-2,11H2. The molecule has 0 radical (unpaired) electrons. The van der Waals surface area contributed by atoms with E-state index in [2.05, 4.69) is 20.9 Å². The zero-order chi connectivity index (χ0) is 9.26. The molecule has 0 bridgehead atoms. The number of aromatic nitrogens is 1. The molecule has 0 unspecified atom stereocenters. The fourth-order valence-corrected chi connectivity index (χ4v) is 1.65. The van der Waals surface area contributed by atoms with E-state index >= 15 is 0 Å². The van der Waals surface area contributed by atoms with E-state index in [1.165, 1.54) is 0 Å². The molecule has 0 atom stereocenters. The first-order chi connectivity index (χ1) is 6.29. The minimum Gasteiger partial charge on any atom is -0.431 e. The van der Waals surface area contributed by atoms with Crippen LogP contribution in [0.15, 0.2) is 27.4 Å². The summed E-state index contributed by atoms with van der Waals surface area (Å²) in [4.78, 5) is 4.17. The first-order valence-corrected chi connectivity index (χ1v) is 4.83. The van der Waals surface area contributed by atoms with Gasteiger partial charge in [-0.15, -0.1) is 0 Å². The lowest BCUT2D eigenvalue weighted by Crippen LogP contribution is -2.02. The van der Waals surface area contributed by atoms with Crippen molar-refractivity contribution < 1.29 is 4.42 Å². The third kappa shape index (κ3) is 1.73. The number of nitrogens with zero attached hydrogens (tertiary/aromatic N) is 1. The maximum absolute atomic E-state index is 5.45. The molecule has 68 valence electrons. The van der Waals surface area contributed by atoms with Crippen LogP contribution in [0.1, 0.15) is 5.56 Å². The molecule has 0 saturated carbocycles. The summed E-state index contributed by atoms with van der Waals surface area (Å²) in [5.74, 6) is 0. The quantitative estimate of drug-likeness (QED) is 0.875. The zero-order valence-electron chi connectivity index (χ0n) is 6.96. The highest BCUT2D eigenvalue weighted by molar-refractivity contribution is 9.10. The van der Waals surface area contributed by atoms with Crippen molar-refractivity contribution in [1.29, 1.82) is 0 Å². The number of halogens is 1. The molecular weight excluding hydrogens is 232 g/mol. The number of hydrogen-bond acceptors (Lipinski definition) is 3. The van der Waals surface area contributed by atoms with Gasteiger partial charge in [-0.25, -0.2) is 4.98 Å². The SMILES string of the molecule is NCCc1cnc2oc(Br)cc2c1. The topological polar surface area (TPSA) is 52.0 Å². The Hall–Kier alpha value is -0.870. The van der Waals surface area contributed by atoms with Crippen LogP contribution in [0, 0.1) is 0 Å². The lowest BCUT2D eigenvalue weighted by molar-refractivity contribution is 0.575. The molecule has 2 rings (SSSR count). The largest absolute Gasteiger partial charge is 0.431 e. The Morgan fingerprint density at radius 2 is 2.31 bits per heavy atom. The van der Waals surface area contributed by atoms with Gasteiger partial charge in [0.25, 0.3) is 0 Å². The molecule has 0 spiro atoms. The second-order valence-electron chi connectivity index (χ2n) is 2.83. The fourth-order valence-electron chi connectivity index (χ4n) is 1.25. The van der Waals surface area contributed by atoms with Crippen molar-refractivity contribution in [3.05, 3.63) is 28.6 Å². The predicted octanol–water partition coefficient (Wildman–Crippen LogP) is 2.09. The molecule has 2 N–H and O–H groups in total. The van der Waals surface area contributed by atoms with Crippen LogP contribution in [0.3, 0.4) is 0 Å². The fraction of sp³-hybridized carbons (Fsp3) is 0.222. The number of pyridine rings is 1. The zero-order valence-corrected chi connectivity index (χ0v) is 8.54. The van der Waals surface area contributed by atoms with E-state index in [4.69, 9.17) is 10.2 Å². The van der Waals surface area contributed by atoms with Gasteiger partial charge in [0.1, 0.15) is 0 Å². The number of fused-ring (bicyclic) bond motifs is 1. The van der Waals surface area contributed by atoms with E-state index in [9.17, 15) is 0 Å². The van der Waals surface area contributed by atoms with Crippen molar-refractivity contribution in [3.63, 3.8) is 0 Å². The summed E-state index contributed by atoms with van der Waals surface area (Å²) in [5, 5.41) is 1.01. The molecule has 2 aromatic rings. The molecule has 0 aliphatic heterocycles. The van der Waals surface area contributed by atoms with Crippen LogP contribution in [-0.4, -0.2) is 11.5 Å². The van der Waals surface area contributed by atoms with Crippen LogP contribution < -0.4 is 5.73 Å². The molecule has 3 nitrogen and oxygen atoms in total. The van der Waals surface area contributed by atoms with E-state index in [-0.39, 0.29) is 0 Å². The van der Waals surface area contributed by atoms with Gasteiger partial charge in [-0.3, -0.25) is 0 Å². The lowest BCUT2D eigenvalue weighted by Gasteiger charge is -1.95. The summed E-state index contributed by atoms with van der Waals surface area (Å²) in [6, 6.07) is 3.95. The molecule has 2 aromatic heterocycles. The van der Waals surface area contributed by atoms with Crippen molar-refractivity contribution >= 4 is 27.0 Å². The highest BCUT2D eigenvalue weighted by Crippen LogP contribution is 2.22. The Balaban J connectivity index is 2.48. The van der Waals surface area contributed by atoms with Crippen molar-refractivity contribution in [2.45, 2.75) is 6.42 Å². The summed E-state index contributed by atoms with van der Waals surface area (Å²) < 4.78 is 5.98. The molecule has 0 amide bonds. The lowest BCUT2D eigenvalue weighted by atomic mass is 10.2. The number of furan rings is 1. The van der Waals surface area contributed by atoms with Crippen LogP contribution in [0.2, 0.25) is 0 Å². The second-order valence-corrected chi connectivity index (χ2v) is 3.61. The van der Waals surface area contributed by atoms with Crippen molar-refractivity contribution in [2.75, 3.05) is 6.54 Å². The molecule has 4 heteroatoms. The normalized spacial score (nSPS) is 10.9. The van der Waals surface area contributed by atoms with Crippen LogP contribution in [0.25, 0.3) is 11.1 Å². The first-order valence-electron chi connectivity index (χ1n) is 4.03. The summed E-state index contributed by atoms with van der Waals surface area (Å²) in [7, 11) is 0. The number of nitrogens with two attached hydrogens (primary N) is 1. The van der Waals surface area contributed by atoms with Gasteiger partial charge < -0.3 is 10.2 Å². The van der Waals surface area contributed by atoms with Crippen LogP contribution in [-0.2, 0) is 6.42 Å². The van der Waals surface area contributed by atoms with E-state index in [1.54, 1.807) is 6.20 Å². The van der Waals surface area contributed by atoms with Crippen molar-refractivity contribution in [3.8, 4) is 0 Å². The van der Waals surface area contributed by atoms with Gasteiger partial charge in [0.15, 0.2) is 4.67 Å². The molecule has 2 heterocycles. The van der Waals surface area contributed by atoms with E-state index < -0.39 is 0 Å². The van der Waals surface area contributed by atoms with Gasteiger partial charge in [-0.05, 0) is 40.5 Å². The summed E-state index contributed by atoms with van der Waals surface area (Å²) >= 11 is 3.26. The third-order valence-corrected chi connectivity index (χ3v) is 2.22. The Morgan fingerprint density at radius 1 is 1.46 bits per heavy atom. The highest BCUT2D eigenvalue weighted by Gasteiger charge is 2.02. The molecular formula is C9H9BrN2O. The number of hydrogen-bond donors (Lipinski definition) is 1. The third-order valence-electron chi connectivity index (χ3n) is 1.83. The van der Waals surface area contributed by atoms with E-state index in [1.807, 2.05) is 12.1 Å². The Kier molecular flexibility index (Phi) is 2.33. The van der Waals surface area contributed by atoms with Gasteiger partial charge in [-0.2, -0.15) is 0 Å². The Morgan fingerprint density at radius 3 is 3.08 bits per heavy atom. The Labute approximate surface area is 84.1 Å². The molecule has 0 fully saturated rings. The monoisotopic (exact) mass is 240 g/mol. The molecule has 0 aromatic carbocycles. The molecule has 13 heavy (non-hydrogen) atoms. The van der Waals surface area contributed by atoms with Gasteiger partial charge in [-0.1, -0.05) is 0 Å². The van der Waals surface area contributed by atoms with Gasteiger partial charge >= 0.3 is 0 Å². The summed E-state index contributed by atoms with van der Waals surface area (Å²) in [6.45, 7) is 0.645. The van der Waals surface area contributed by atoms with Gasteiger partial charge in [0, 0.05) is 17.6 Å². The van der Waals surface area contributed by atoms with E-state index in [0.717, 1.165) is 17.4 Å². The van der Waals surface area contributed by atoms with Crippen LogP contribution >= 0.6 is 15.9 Å². The Bertz CT molecular complexity index is 424. The van der Waals surface area contributed by atoms with Crippen molar-refractivity contribution in [2.24, 2.45) is 5.73 Å². The minimum atomic E-state index is 0.645. The predicted molar refractivity (Wildman–Crippen MR) is 54.5 cm³/mol. The smallest absolute Gasteiger partial charge is 0.227 e. The average molecular weight is 241 g/mol. The molecule has 0 aliphatic carbocycles. The first kappa shape index (κ1) is 8.72. The highest BCUT2D eigenvalue weighted by atomic mass is 79.9. The molecule has 0 aliphatic rings. The maximum atomic E-state index is 5.45. The van der Waals surface area contributed by atoms with Crippen LogP contribution in [0.5, 0.6) is 0 Å². The molecule has 0 saturated heterocycles.